The minimum absolute atomic E-state index is 0.533. The van der Waals surface area contributed by atoms with Gasteiger partial charge in [0.25, 0.3) is 0 Å². The highest BCUT2D eigenvalue weighted by atomic mass is 16.5. The molecule has 108 valence electrons. The van der Waals surface area contributed by atoms with Crippen LogP contribution in [0.1, 0.15) is 19.8 Å². The lowest BCUT2D eigenvalue weighted by Gasteiger charge is -2.26. The van der Waals surface area contributed by atoms with E-state index in [2.05, 4.69) is 12.2 Å². The fourth-order valence-electron chi connectivity index (χ4n) is 1.48. The third kappa shape index (κ3) is 8.83. The van der Waals surface area contributed by atoms with Crippen molar-refractivity contribution in [2.24, 2.45) is 0 Å². The number of unbranched alkanes of at least 4 members (excludes halogenated alkanes) is 1. The normalized spacial score (nSPS) is 15.8. The number of rotatable bonds is 13. The van der Waals surface area contributed by atoms with Gasteiger partial charge in [0.15, 0.2) is 0 Å². The summed E-state index contributed by atoms with van der Waals surface area (Å²) in [6.45, 7) is 8.91. The van der Waals surface area contributed by atoms with Gasteiger partial charge in [-0.25, -0.2) is 0 Å². The van der Waals surface area contributed by atoms with E-state index < -0.39 is 0 Å². The second kappa shape index (κ2) is 11.9. The monoisotopic (exact) mass is 261 g/mol. The molecule has 1 fully saturated rings. The third-order valence-corrected chi connectivity index (χ3v) is 2.70. The Hall–Kier alpha value is -0.200. The van der Waals surface area contributed by atoms with E-state index in [-0.39, 0.29) is 0 Å². The van der Waals surface area contributed by atoms with Crippen LogP contribution in [0.3, 0.4) is 0 Å². The van der Waals surface area contributed by atoms with Crippen LogP contribution in [0.4, 0.5) is 0 Å². The minimum Gasteiger partial charge on any atom is -0.379 e. The molecule has 0 saturated carbocycles. The van der Waals surface area contributed by atoms with Crippen LogP contribution < -0.4 is 5.32 Å². The van der Waals surface area contributed by atoms with Gasteiger partial charge in [0.2, 0.25) is 0 Å². The van der Waals surface area contributed by atoms with E-state index in [4.69, 9.17) is 18.9 Å². The van der Waals surface area contributed by atoms with Crippen LogP contribution in [-0.4, -0.2) is 65.4 Å². The van der Waals surface area contributed by atoms with Gasteiger partial charge in [0.1, 0.15) is 0 Å². The summed E-state index contributed by atoms with van der Waals surface area (Å²) in [4.78, 5) is 0. The van der Waals surface area contributed by atoms with Gasteiger partial charge in [0.05, 0.1) is 52.3 Å². The van der Waals surface area contributed by atoms with E-state index in [1.54, 1.807) is 0 Å². The Bertz CT molecular complexity index is 176. The number of ether oxygens (including phenoxy) is 4. The van der Waals surface area contributed by atoms with Crippen LogP contribution in [-0.2, 0) is 18.9 Å². The number of nitrogens with one attached hydrogen (secondary N) is 1. The molecule has 1 aliphatic heterocycles. The fourth-order valence-corrected chi connectivity index (χ4v) is 1.48. The summed E-state index contributed by atoms with van der Waals surface area (Å²) in [5, 5.41) is 3.34. The third-order valence-electron chi connectivity index (χ3n) is 2.70. The van der Waals surface area contributed by atoms with Crippen molar-refractivity contribution in [2.45, 2.75) is 25.8 Å². The molecule has 1 aliphatic rings. The van der Waals surface area contributed by atoms with Crippen molar-refractivity contribution in [3.8, 4) is 0 Å². The van der Waals surface area contributed by atoms with E-state index in [0.29, 0.717) is 32.5 Å². The van der Waals surface area contributed by atoms with Crippen molar-refractivity contribution in [1.29, 1.82) is 0 Å². The lowest BCUT2D eigenvalue weighted by molar-refractivity contribution is -0.0118. The average molecular weight is 261 g/mol. The van der Waals surface area contributed by atoms with Crippen LogP contribution in [0, 0.1) is 0 Å². The van der Waals surface area contributed by atoms with Crippen molar-refractivity contribution < 1.29 is 18.9 Å². The van der Waals surface area contributed by atoms with E-state index in [1.165, 1.54) is 6.42 Å². The molecule has 0 aliphatic carbocycles. The van der Waals surface area contributed by atoms with Gasteiger partial charge < -0.3 is 24.3 Å². The molecule has 18 heavy (non-hydrogen) atoms. The molecule has 0 spiro atoms. The minimum atomic E-state index is 0.533. The molecule has 1 heterocycles. The van der Waals surface area contributed by atoms with Gasteiger partial charge in [-0.3, -0.25) is 0 Å². The molecular weight excluding hydrogens is 234 g/mol. The highest BCUT2D eigenvalue weighted by Gasteiger charge is 2.16. The van der Waals surface area contributed by atoms with Gasteiger partial charge in [-0.2, -0.15) is 0 Å². The number of hydrogen-bond acceptors (Lipinski definition) is 5. The van der Waals surface area contributed by atoms with E-state index >= 15 is 0 Å². The highest BCUT2D eigenvalue weighted by molar-refractivity contribution is 4.72. The molecule has 0 aromatic carbocycles. The predicted octanol–water partition coefficient (Wildman–Crippen LogP) is 0.825. The topological polar surface area (TPSA) is 49.0 Å². The second-order valence-electron chi connectivity index (χ2n) is 4.38. The van der Waals surface area contributed by atoms with Crippen LogP contribution in [0.5, 0.6) is 0 Å². The fraction of sp³-hybridized carbons (Fsp3) is 1.00. The molecule has 0 radical (unpaired) electrons. The molecule has 0 aromatic heterocycles. The summed E-state index contributed by atoms with van der Waals surface area (Å²) in [6, 6.07) is 0.533. The SMILES string of the molecule is CCCCOCCOCCOCCNC1COC1. The summed E-state index contributed by atoms with van der Waals surface area (Å²) in [7, 11) is 0. The zero-order valence-electron chi connectivity index (χ0n) is 11.5. The summed E-state index contributed by atoms with van der Waals surface area (Å²) in [5.74, 6) is 0. The Morgan fingerprint density at radius 3 is 2.11 bits per heavy atom. The smallest absolute Gasteiger partial charge is 0.0701 e. The van der Waals surface area contributed by atoms with E-state index in [9.17, 15) is 0 Å². The Morgan fingerprint density at radius 1 is 0.944 bits per heavy atom. The molecule has 0 atom stereocenters. The van der Waals surface area contributed by atoms with Crippen molar-refractivity contribution in [1.82, 2.24) is 5.32 Å². The summed E-state index contributed by atoms with van der Waals surface area (Å²) < 4.78 is 21.2. The lowest BCUT2D eigenvalue weighted by atomic mass is 10.2. The van der Waals surface area contributed by atoms with Crippen LogP contribution in [0.2, 0.25) is 0 Å². The predicted molar refractivity (Wildman–Crippen MR) is 70.0 cm³/mol. The van der Waals surface area contributed by atoms with Crippen molar-refractivity contribution >= 4 is 0 Å². The van der Waals surface area contributed by atoms with E-state index in [1.807, 2.05) is 0 Å². The van der Waals surface area contributed by atoms with Crippen molar-refractivity contribution in [3.05, 3.63) is 0 Å². The molecule has 0 unspecified atom stereocenters. The first kappa shape index (κ1) is 15.9. The Labute approximate surface area is 110 Å². The van der Waals surface area contributed by atoms with E-state index in [0.717, 1.165) is 39.4 Å². The Balaban J connectivity index is 1.63. The van der Waals surface area contributed by atoms with Crippen molar-refractivity contribution in [3.63, 3.8) is 0 Å². The summed E-state index contributed by atoms with van der Waals surface area (Å²) in [5.41, 5.74) is 0. The maximum atomic E-state index is 5.43. The van der Waals surface area contributed by atoms with Crippen LogP contribution in [0.25, 0.3) is 0 Å². The molecule has 1 N–H and O–H groups in total. The molecule has 5 heteroatoms. The van der Waals surface area contributed by atoms with Gasteiger partial charge in [0, 0.05) is 13.2 Å². The quantitative estimate of drug-likeness (QED) is 0.498. The zero-order valence-corrected chi connectivity index (χ0v) is 11.5. The van der Waals surface area contributed by atoms with Gasteiger partial charge in [-0.1, -0.05) is 13.3 Å². The summed E-state index contributed by atoms with van der Waals surface area (Å²) >= 11 is 0. The average Bonchev–Trinajstić information content (AvgIpc) is 2.33. The van der Waals surface area contributed by atoms with Crippen molar-refractivity contribution in [2.75, 3.05) is 59.4 Å². The molecule has 1 rings (SSSR count). The first-order valence-electron chi connectivity index (χ1n) is 6.98. The molecule has 0 amide bonds. The largest absolute Gasteiger partial charge is 0.379 e. The molecule has 0 aromatic rings. The Morgan fingerprint density at radius 2 is 1.56 bits per heavy atom. The van der Waals surface area contributed by atoms with Crippen LogP contribution >= 0.6 is 0 Å². The summed E-state index contributed by atoms with van der Waals surface area (Å²) in [6.07, 6.45) is 2.30. The lowest BCUT2D eigenvalue weighted by Crippen LogP contribution is -2.47. The first-order valence-corrected chi connectivity index (χ1v) is 6.98. The Kier molecular flexibility index (Phi) is 10.5. The standard InChI is InChI=1S/C13H27NO4/c1-2-3-5-15-7-9-17-10-8-16-6-4-14-13-11-18-12-13/h13-14H,2-12H2,1H3. The molecule has 0 bridgehead atoms. The molecule has 1 saturated heterocycles. The molecular formula is C13H27NO4. The van der Waals surface area contributed by atoms with Crippen LogP contribution in [0.15, 0.2) is 0 Å². The van der Waals surface area contributed by atoms with Gasteiger partial charge in [-0.05, 0) is 6.42 Å². The number of hydrogen-bond donors (Lipinski definition) is 1. The highest BCUT2D eigenvalue weighted by Crippen LogP contribution is 1.98. The van der Waals surface area contributed by atoms with Gasteiger partial charge in [-0.15, -0.1) is 0 Å². The van der Waals surface area contributed by atoms with Gasteiger partial charge >= 0.3 is 0 Å². The molecule has 5 nitrogen and oxygen atoms in total. The maximum Gasteiger partial charge on any atom is 0.0701 e. The maximum absolute atomic E-state index is 5.43. The first-order chi connectivity index (χ1) is 8.93. The second-order valence-corrected chi connectivity index (χ2v) is 4.38. The zero-order chi connectivity index (χ0) is 12.9.